The van der Waals surface area contributed by atoms with Crippen molar-refractivity contribution in [2.24, 2.45) is 0 Å². The lowest BCUT2D eigenvalue weighted by molar-refractivity contribution is -0.00525. The summed E-state index contributed by atoms with van der Waals surface area (Å²) in [5.74, 6) is 0. The Labute approximate surface area is 77.5 Å². The summed E-state index contributed by atoms with van der Waals surface area (Å²) >= 11 is 0. The summed E-state index contributed by atoms with van der Waals surface area (Å²) in [6.45, 7) is 5.65. The van der Waals surface area contributed by atoms with Gasteiger partial charge in [0, 0.05) is 25.2 Å². The number of ether oxygens (including phenoxy) is 1. The maximum Gasteiger partial charge on any atom is 0.124 e. The van der Waals surface area contributed by atoms with E-state index in [0.717, 1.165) is 32.0 Å². The van der Waals surface area contributed by atoms with Gasteiger partial charge in [0.25, 0.3) is 0 Å². The first-order chi connectivity index (χ1) is 6.36. The van der Waals surface area contributed by atoms with Gasteiger partial charge in [0.2, 0.25) is 0 Å². The highest BCUT2D eigenvalue weighted by atomic mass is 16.5. The summed E-state index contributed by atoms with van der Waals surface area (Å²) in [5, 5.41) is 3.89. The van der Waals surface area contributed by atoms with E-state index < -0.39 is 0 Å². The molecule has 1 unspecified atom stereocenters. The molecule has 2 rings (SSSR count). The van der Waals surface area contributed by atoms with E-state index in [9.17, 15) is 0 Å². The molecule has 0 radical (unpaired) electrons. The van der Waals surface area contributed by atoms with Gasteiger partial charge in [-0.1, -0.05) is 5.16 Å². The lowest BCUT2D eigenvalue weighted by Crippen LogP contribution is -2.42. The van der Waals surface area contributed by atoms with Crippen LogP contribution in [-0.2, 0) is 11.3 Å². The van der Waals surface area contributed by atoms with Crippen LogP contribution in [0.2, 0.25) is 0 Å². The highest BCUT2D eigenvalue weighted by Crippen LogP contribution is 2.10. The lowest BCUT2D eigenvalue weighted by atomic mass is 10.2. The number of morpholine rings is 1. The largest absolute Gasteiger partial charge is 0.379 e. The molecule has 0 aliphatic carbocycles. The van der Waals surface area contributed by atoms with Gasteiger partial charge in [-0.2, -0.15) is 0 Å². The van der Waals surface area contributed by atoms with Gasteiger partial charge in [-0.15, -0.1) is 0 Å². The topological polar surface area (TPSA) is 38.5 Å². The van der Waals surface area contributed by atoms with E-state index in [1.54, 1.807) is 6.26 Å². The van der Waals surface area contributed by atoms with E-state index in [2.05, 4.69) is 17.0 Å². The fraction of sp³-hybridized carbons (Fsp3) is 0.667. The van der Waals surface area contributed by atoms with E-state index in [0.29, 0.717) is 6.04 Å². The Morgan fingerprint density at radius 1 is 1.69 bits per heavy atom. The maximum absolute atomic E-state index is 5.35. The molecule has 0 aromatic carbocycles. The first-order valence-electron chi connectivity index (χ1n) is 4.57. The normalized spacial score (nSPS) is 24.8. The van der Waals surface area contributed by atoms with Crippen LogP contribution < -0.4 is 0 Å². The van der Waals surface area contributed by atoms with Crippen molar-refractivity contribution in [2.75, 3.05) is 19.8 Å². The van der Waals surface area contributed by atoms with Crippen LogP contribution in [0, 0.1) is 0 Å². The van der Waals surface area contributed by atoms with Crippen LogP contribution in [0.4, 0.5) is 0 Å². The van der Waals surface area contributed by atoms with Crippen molar-refractivity contribution >= 4 is 0 Å². The predicted molar refractivity (Wildman–Crippen MR) is 47.2 cm³/mol. The van der Waals surface area contributed by atoms with E-state index in [1.807, 2.05) is 6.07 Å². The summed E-state index contributed by atoms with van der Waals surface area (Å²) in [6, 6.07) is 2.38. The van der Waals surface area contributed by atoms with Crippen LogP contribution in [0.1, 0.15) is 12.6 Å². The van der Waals surface area contributed by atoms with Crippen molar-refractivity contribution in [1.82, 2.24) is 10.1 Å². The quantitative estimate of drug-likeness (QED) is 0.681. The molecule has 1 saturated heterocycles. The van der Waals surface area contributed by atoms with Crippen LogP contribution in [0.3, 0.4) is 0 Å². The Morgan fingerprint density at radius 3 is 3.31 bits per heavy atom. The third-order valence-corrected chi connectivity index (χ3v) is 2.36. The first kappa shape index (κ1) is 8.72. The maximum atomic E-state index is 5.35. The highest BCUT2D eigenvalue weighted by molar-refractivity contribution is 4.95. The molecule has 1 atom stereocenters. The lowest BCUT2D eigenvalue weighted by Gasteiger charge is -2.32. The molecule has 1 aromatic heterocycles. The first-order valence-corrected chi connectivity index (χ1v) is 4.57. The van der Waals surface area contributed by atoms with Crippen molar-refractivity contribution in [3.8, 4) is 0 Å². The molecule has 4 heteroatoms. The van der Waals surface area contributed by atoms with Gasteiger partial charge in [0.05, 0.1) is 18.9 Å². The second-order valence-corrected chi connectivity index (χ2v) is 3.39. The zero-order valence-electron chi connectivity index (χ0n) is 7.77. The fourth-order valence-electron chi connectivity index (χ4n) is 1.52. The van der Waals surface area contributed by atoms with Crippen LogP contribution in [0.5, 0.6) is 0 Å². The predicted octanol–water partition coefficient (Wildman–Crippen LogP) is 0.895. The van der Waals surface area contributed by atoms with Crippen LogP contribution >= 0.6 is 0 Å². The van der Waals surface area contributed by atoms with E-state index in [1.165, 1.54) is 0 Å². The smallest absolute Gasteiger partial charge is 0.124 e. The van der Waals surface area contributed by atoms with E-state index in [4.69, 9.17) is 9.26 Å². The van der Waals surface area contributed by atoms with Gasteiger partial charge < -0.3 is 9.26 Å². The molecule has 4 nitrogen and oxygen atoms in total. The minimum absolute atomic E-state index is 0.477. The molecule has 0 spiro atoms. The van der Waals surface area contributed by atoms with Gasteiger partial charge in [-0.3, -0.25) is 4.90 Å². The Hall–Kier alpha value is -0.870. The monoisotopic (exact) mass is 182 g/mol. The third-order valence-electron chi connectivity index (χ3n) is 2.36. The van der Waals surface area contributed by atoms with E-state index in [-0.39, 0.29) is 0 Å². The summed E-state index contributed by atoms with van der Waals surface area (Å²) in [5.41, 5.74) is 0.994. The van der Waals surface area contributed by atoms with Gasteiger partial charge >= 0.3 is 0 Å². The van der Waals surface area contributed by atoms with Gasteiger partial charge in [0.1, 0.15) is 6.26 Å². The summed E-state index contributed by atoms with van der Waals surface area (Å²) in [4.78, 5) is 2.35. The highest BCUT2D eigenvalue weighted by Gasteiger charge is 2.19. The molecule has 0 saturated carbocycles. The Kier molecular flexibility index (Phi) is 2.61. The molecule has 72 valence electrons. The zero-order valence-corrected chi connectivity index (χ0v) is 7.77. The molecule has 2 heterocycles. The fourth-order valence-corrected chi connectivity index (χ4v) is 1.52. The van der Waals surface area contributed by atoms with Gasteiger partial charge in [-0.25, -0.2) is 0 Å². The van der Waals surface area contributed by atoms with Crippen molar-refractivity contribution < 1.29 is 9.26 Å². The van der Waals surface area contributed by atoms with Crippen molar-refractivity contribution in [2.45, 2.75) is 19.5 Å². The Bertz CT molecular complexity index is 248. The average Bonchev–Trinajstić information content (AvgIpc) is 2.61. The SMILES string of the molecule is CC1COCCN1Cc1ccon1. The number of hydrogen-bond acceptors (Lipinski definition) is 4. The molecule has 1 aliphatic heterocycles. The minimum atomic E-state index is 0.477. The molecule has 1 fully saturated rings. The summed E-state index contributed by atoms with van der Waals surface area (Å²) in [7, 11) is 0. The van der Waals surface area contributed by atoms with E-state index >= 15 is 0 Å². The molecule has 0 amide bonds. The van der Waals surface area contributed by atoms with Crippen molar-refractivity contribution in [3.63, 3.8) is 0 Å². The molecular formula is C9H14N2O2. The number of nitrogens with zero attached hydrogens (tertiary/aromatic N) is 2. The van der Waals surface area contributed by atoms with Crippen LogP contribution in [0.15, 0.2) is 16.9 Å². The summed E-state index contributed by atoms with van der Waals surface area (Å²) in [6.07, 6.45) is 1.61. The molecule has 13 heavy (non-hydrogen) atoms. The number of rotatable bonds is 2. The average molecular weight is 182 g/mol. The second-order valence-electron chi connectivity index (χ2n) is 3.39. The number of aromatic nitrogens is 1. The molecular weight excluding hydrogens is 168 g/mol. The Balaban J connectivity index is 1.93. The van der Waals surface area contributed by atoms with Crippen LogP contribution in [0.25, 0.3) is 0 Å². The van der Waals surface area contributed by atoms with Crippen LogP contribution in [-0.4, -0.2) is 35.9 Å². The van der Waals surface area contributed by atoms with Gasteiger partial charge in [0.15, 0.2) is 0 Å². The standard InChI is InChI=1S/C9H14N2O2/c1-8-7-12-5-3-11(8)6-9-2-4-13-10-9/h2,4,8H,3,5-7H2,1H3. The number of hydrogen-bond donors (Lipinski definition) is 0. The zero-order chi connectivity index (χ0) is 9.10. The third kappa shape index (κ3) is 2.08. The molecule has 0 N–H and O–H groups in total. The summed E-state index contributed by atoms with van der Waals surface area (Å²) < 4.78 is 10.1. The molecule has 1 aromatic rings. The minimum Gasteiger partial charge on any atom is -0.379 e. The second kappa shape index (κ2) is 3.89. The molecule has 1 aliphatic rings. The Morgan fingerprint density at radius 2 is 2.62 bits per heavy atom. The molecule has 0 bridgehead atoms. The van der Waals surface area contributed by atoms with Crippen molar-refractivity contribution in [1.29, 1.82) is 0 Å². The van der Waals surface area contributed by atoms with Gasteiger partial charge in [-0.05, 0) is 6.92 Å². The van der Waals surface area contributed by atoms with Crippen molar-refractivity contribution in [3.05, 3.63) is 18.0 Å².